The predicted molar refractivity (Wildman–Crippen MR) is 68.2 cm³/mol. The molecule has 0 bridgehead atoms. The average molecular weight is 347 g/mol. The lowest BCUT2D eigenvalue weighted by Gasteiger charge is -2.05. The van der Waals surface area contributed by atoms with Gasteiger partial charge in [-0.2, -0.15) is 0 Å². The quantitative estimate of drug-likeness (QED) is 0.923. The summed E-state index contributed by atoms with van der Waals surface area (Å²) in [5.41, 5.74) is 0. The molecule has 2 aromatic rings. The molecule has 0 fully saturated rings. The summed E-state index contributed by atoms with van der Waals surface area (Å²) in [6.07, 6.45) is 3.43. The number of oxazole rings is 1. The first-order valence-electron chi connectivity index (χ1n) is 4.61. The van der Waals surface area contributed by atoms with Crippen molar-refractivity contribution in [1.82, 2.24) is 9.97 Å². The third kappa shape index (κ3) is 2.82. The molecule has 0 saturated heterocycles. The number of nitrogens with zero attached hydrogens (tertiary/aromatic N) is 2. The van der Waals surface area contributed by atoms with E-state index >= 15 is 0 Å². The minimum atomic E-state index is 0.515. The molecule has 0 aromatic carbocycles. The van der Waals surface area contributed by atoms with Crippen LogP contribution in [-0.2, 0) is 6.54 Å². The maximum absolute atomic E-state index is 5.34. The molecule has 0 radical (unpaired) electrons. The van der Waals surface area contributed by atoms with Gasteiger partial charge in [0.05, 0.1) is 17.2 Å². The minimum absolute atomic E-state index is 0.515. The maximum atomic E-state index is 5.34. The van der Waals surface area contributed by atoms with Gasteiger partial charge < -0.3 is 9.73 Å². The first kappa shape index (κ1) is 11.6. The van der Waals surface area contributed by atoms with Crippen LogP contribution in [0, 0.1) is 6.92 Å². The lowest BCUT2D eigenvalue weighted by Crippen LogP contribution is -2.02. The van der Waals surface area contributed by atoms with Gasteiger partial charge in [0.1, 0.15) is 11.6 Å². The lowest BCUT2D eigenvalue weighted by molar-refractivity contribution is 0.479. The van der Waals surface area contributed by atoms with E-state index in [2.05, 4.69) is 47.1 Å². The Hall–Kier alpha value is -0.880. The van der Waals surface area contributed by atoms with E-state index in [1.807, 2.05) is 13.0 Å². The zero-order valence-corrected chi connectivity index (χ0v) is 11.7. The van der Waals surface area contributed by atoms with Gasteiger partial charge in [-0.25, -0.2) is 9.97 Å². The Bertz CT molecular complexity index is 499. The van der Waals surface area contributed by atoms with E-state index in [0.717, 1.165) is 20.5 Å². The molecule has 0 unspecified atom stereocenters. The summed E-state index contributed by atoms with van der Waals surface area (Å²) in [6, 6.07) is 1.93. The molecular weight excluding hydrogens is 338 g/mol. The molecule has 16 heavy (non-hydrogen) atoms. The van der Waals surface area contributed by atoms with E-state index in [9.17, 15) is 0 Å². The van der Waals surface area contributed by atoms with Gasteiger partial charge in [0.15, 0.2) is 0 Å². The summed E-state index contributed by atoms with van der Waals surface area (Å²) in [4.78, 5) is 8.32. The van der Waals surface area contributed by atoms with Gasteiger partial charge in [-0.1, -0.05) is 0 Å². The van der Waals surface area contributed by atoms with Crippen LogP contribution in [-0.4, -0.2) is 9.97 Å². The van der Waals surface area contributed by atoms with Crippen molar-refractivity contribution in [3.63, 3.8) is 0 Å². The van der Waals surface area contributed by atoms with Gasteiger partial charge in [-0.05, 0) is 44.8 Å². The summed E-state index contributed by atoms with van der Waals surface area (Å²) in [7, 11) is 0. The molecule has 0 spiro atoms. The third-order valence-corrected chi connectivity index (χ3v) is 2.92. The van der Waals surface area contributed by atoms with Crippen LogP contribution in [0.25, 0.3) is 0 Å². The van der Waals surface area contributed by atoms with Crippen molar-refractivity contribution < 1.29 is 4.42 Å². The van der Waals surface area contributed by atoms with Gasteiger partial charge >= 0.3 is 0 Å². The Kier molecular flexibility index (Phi) is 3.60. The molecule has 2 heterocycles. The highest BCUT2D eigenvalue weighted by Gasteiger charge is 2.04. The van der Waals surface area contributed by atoms with Gasteiger partial charge in [-0.3, -0.25) is 0 Å². The van der Waals surface area contributed by atoms with Crippen molar-refractivity contribution in [2.75, 3.05) is 5.32 Å². The number of anilines is 1. The lowest BCUT2D eigenvalue weighted by atomic mass is 10.4. The topological polar surface area (TPSA) is 51.0 Å². The number of aromatic nitrogens is 2. The molecule has 0 atom stereocenters. The van der Waals surface area contributed by atoms with E-state index < -0.39 is 0 Å². The van der Waals surface area contributed by atoms with Gasteiger partial charge in [0, 0.05) is 10.7 Å². The van der Waals surface area contributed by atoms with Crippen molar-refractivity contribution >= 4 is 37.7 Å². The standard InChI is InChI=1S/C10H9Br2N3O/c1-6-3-13-9(16-6)5-15-10-8(12)2-7(11)4-14-10/h2-4H,5H2,1H3,(H,14,15). The number of halogens is 2. The van der Waals surface area contributed by atoms with E-state index in [1.165, 1.54) is 0 Å². The fourth-order valence-electron chi connectivity index (χ4n) is 1.19. The average Bonchev–Trinajstić information content (AvgIpc) is 2.63. The fourth-order valence-corrected chi connectivity index (χ4v) is 2.31. The maximum Gasteiger partial charge on any atom is 0.213 e. The van der Waals surface area contributed by atoms with Crippen LogP contribution in [0.1, 0.15) is 11.7 Å². The molecule has 0 aliphatic heterocycles. The second kappa shape index (κ2) is 4.97. The van der Waals surface area contributed by atoms with Crippen molar-refractivity contribution in [2.24, 2.45) is 0 Å². The summed E-state index contributed by atoms with van der Waals surface area (Å²) in [5, 5.41) is 3.13. The third-order valence-electron chi connectivity index (χ3n) is 1.88. The largest absolute Gasteiger partial charge is 0.444 e. The van der Waals surface area contributed by atoms with Crippen LogP contribution in [0.5, 0.6) is 0 Å². The van der Waals surface area contributed by atoms with Crippen molar-refractivity contribution in [3.8, 4) is 0 Å². The van der Waals surface area contributed by atoms with Crippen molar-refractivity contribution in [1.29, 1.82) is 0 Å². The van der Waals surface area contributed by atoms with E-state index in [4.69, 9.17) is 4.42 Å². The van der Waals surface area contributed by atoms with Crippen molar-refractivity contribution in [3.05, 3.63) is 39.1 Å². The van der Waals surface area contributed by atoms with E-state index in [1.54, 1.807) is 12.4 Å². The predicted octanol–water partition coefficient (Wildman–Crippen LogP) is 3.52. The molecule has 84 valence electrons. The van der Waals surface area contributed by atoms with E-state index in [0.29, 0.717) is 12.4 Å². The summed E-state index contributed by atoms with van der Waals surface area (Å²) >= 11 is 6.76. The molecule has 0 saturated carbocycles. The fraction of sp³-hybridized carbons (Fsp3) is 0.200. The summed E-state index contributed by atoms with van der Waals surface area (Å²) in [5.74, 6) is 2.22. The second-order valence-corrected chi connectivity index (χ2v) is 4.97. The summed E-state index contributed by atoms with van der Waals surface area (Å²) in [6.45, 7) is 2.38. The molecule has 6 heteroatoms. The first-order chi connectivity index (χ1) is 7.65. The van der Waals surface area contributed by atoms with Crippen LogP contribution in [0.4, 0.5) is 5.82 Å². The van der Waals surface area contributed by atoms with Crippen LogP contribution in [0.3, 0.4) is 0 Å². The van der Waals surface area contributed by atoms with Crippen LogP contribution in [0.15, 0.2) is 31.8 Å². The Balaban J connectivity index is 2.04. The molecule has 0 aliphatic carbocycles. The number of pyridine rings is 1. The molecule has 2 rings (SSSR count). The molecule has 2 aromatic heterocycles. The zero-order valence-electron chi connectivity index (χ0n) is 8.50. The second-order valence-electron chi connectivity index (χ2n) is 3.20. The summed E-state index contributed by atoms with van der Waals surface area (Å²) < 4.78 is 7.16. The van der Waals surface area contributed by atoms with Gasteiger partial charge in [0.2, 0.25) is 5.89 Å². The zero-order chi connectivity index (χ0) is 11.5. The number of hydrogen-bond acceptors (Lipinski definition) is 4. The highest BCUT2D eigenvalue weighted by Crippen LogP contribution is 2.23. The van der Waals surface area contributed by atoms with E-state index in [-0.39, 0.29) is 0 Å². The van der Waals surface area contributed by atoms with Crippen LogP contribution >= 0.6 is 31.9 Å². The highest BCUT2D eigenvalue weighted by molar-refractivity contribution is 9.11. The number of rotatable bonds is 3. The Morgan fingerprint density at radius 1 is 1.31 bits per heavy atom. The first-order valence-corrected chi connectivity index (χ1v) is 6.20. The minimum Gasteiger partial charge on any atom is -0.444 e. The Morgan fingerprint density at radius 3 is 2.75 bits per heavy atom. The Morgan fingerprint density at radius 2 is 2.12 bits per heavy atom. The molecule has 0 aliphatic rings. The monoisotopic (exact) mass is 345 g/mol. The Labute approximate surface area is 110 Å². The number of nitrogens with one attached hydrogen (secondary N) is 1. The van der Waals surface area contributed by atoms with Crippen molar-refractivity contribution in [2.45, 2.75) is 13.5 Å². The normalized spacial score (nSPS) is 10.4. The highest BCUT2D eigenvalue weighted by atomic mass is 79.9. The smallest absolute Gasteiger partial charge is 0.213 e. The van der Waals surface area contributed by atoms with Gasteiger partial charge in [-0.15, -0.1) is 0 Å². The SMILES string of the molecule is Cc1cnc(CNc2ncc(Br)cc2Br)o1. The molecule has 4 nitrogen and oxygen atoms in total. The van der Waals surface area contributed by atoms with Crippen LogP contribution < -0.4 is 5.32 Å². The molecule has 1 N–H and O–H groups in total. The molecule has 0 amide bonds. The van der Waals surface area contributed by atoms with Crippen LogP contribution in [0.2, 0.25) is 0 Å². The van der Waals surface area contributed by atoms with Gasteiger partial charge in [0.25, 0.3) is 0 Å². The molecular formula is C10H9Br2N3O. The number of aryl methyl sites for hydroxylation is 1. The number of hydrogen-bond donors (Lipinski definition) is 1.